The van der Waals surface area contributed by atoms with Gasteiger partial charge in [-0.25, -0.2) is 13.7 Å². The molecule has 0 aromatic carbocycles. The van der Waals surface area contributed by atoms with E-state index in [4.69, 9.17) is 20.3 Å². The third-order valence-electron chi connectivity index (χ3n) is 4.78. The van der Waals surface area contributed by atoms with Crippen LogP contribution < -0.4 is 11.3 Å². The summed E-state index contributed by atoms with van der Waals surface area (Å²) >= 11 is 0. The van der Waals surface area contributed by atoms with Crippen molar-refractivity contribution in [3.8, 4) is 11.8 Å². The Morgan fingerprint density at radius 2 is 1.89 bits per heavy atom. The highest BCUT2D eigenvalue weighted by atomic mass is 31.3. The van der Waals surface area contributed by atoms with Crippen molar-refractivity contribution in [1.82, 2.24) is 14.5 Å². The second-order valence-electron chi connectivity index (χ2n) is 7.41. The van der Waals surface area contributed by atoms with Gasteiger partial charge in [0, 0.05) is 6.20 Å². The molecule has 1 aliphatic rings. The lowest BCUT2D eigenvalue weighted by Gasteiger charge is -2.27. The minimum absolute atomic E-state index is 0.0406. The van der Waals surface area contributed by atoms with Crippen LogP contribution in [0.25, 0.3) is 11.0 Å². The van der Waals surface area contributed by atoms with Gasteiger partial charge < -0.3 is 44.8 Å². The summed E-state index contributed by atoms with van der Waals surface area (Å²) in [6.07, 6.45) is -5.61. The molecular weight excluding hydrogens is 553 g/mol. The van der Waals surface area contributed by atoms with E-state index < -0.39 is 59.2 Å². The monoisotopic (exact) mass is 574 g/mol. The van der Waals surface area contributed by atoms with E-state index in [-0.39, 0.29) is 17.0 Å². The number of fused-ring (bicyclic) bond motifs is 1. The number of phosphoric acid groups is 3. The van der Waals surface area contributed by atoms with Gasteiger partial charge in [0.25, 0.3) is 5.56 Å². The molecule has 7 atom stereocenters. The second-order valence-corrected chi connectivity index (χ2v) is 11.8. The number of phosphoric ester groups is 1. The zero-order valence-electron chi connectivity index (χ0n) is 18.2. The molecule has 3 unspecified atom stereocenters. The van der Waals surface area contributed by atoms with Gasteiger partial charge in [-0.15, -0.1) is 5.92 Å². The van der Waals surface area contributed by atoms with Crippen molar-refractivity contribution in [3.63, 3.8) is 0 Å². The highest BCUT2D eigenvalue weighted by molar-refractivity contribution is 7.66. The number of nitrogens with zero attached hydrogens (tertiary/aromatic N) is 2. The normalized spacial score (nSPS) is 28.7. The van der Waals surface area contributed by atoms with Crippen LogP contribution >= 0.6 is 23.5 Å². The van der Waals surface area contributed by atoms with E-state index in [9.17, 15) is 38.5 Å². The predicted molar refractivity (Wildman–Crippen MR) is 117 cm³/mol. The molecule has 2 aromatic rings. The Bertz CT molecular complexity index is 1420. The van der Waals surface area contributed by atoms with E-state index in [0.717, 1.165) is 11.5 Å². The van der Waals surface area contributed by atoms with Gasteiger partial charge >= 0.3 is 23.5 Å². The quantitative estimate of drug-likeness (QED) is 0.139. The van der Waals surface area contributed by atoms with E-state index >= 15 is 0 Å². The number of anilines is 1. The standard InChI is InChI=1S/C15H21N4O14P3/c1-3-5-15(22)10(20)9(7(2)31-35(26,27)33-36(28,29)32-34(23,24)25)30-13(15)19-6-4-8-11(19)17-14(16)18-12(8)21/h4,6-7,9-10,13,20,22H,1-2H3,(H,26,27)(H,28,29)(H2,23,24,25)(H3,16,17,18,21)/t7-,9+,10-,13+,15?/m0/s1. The van der Waals surface area contributed by atoms with Crippen molar-refractivity contribution in [1.29, 1.82) is 0 Å². The first-order chi connectivity index (χ1) is 16.4. The van der Waals surface area contributed by atoms with Gasteiger partial charge in [-0.2, -0.15) is 13.6 Å². The fourth-order valence-electron chi connectivity index (χ4n) is 3.52. The molecule has 1 aliphatic heterocycles. The molecule has 0 aliphatic carbocycles. The number of ether oxygens (including phenoxy) is 1. The summed E-state index contributed by atoms with van der Waals surface area (Å²) in [6, 6.07) is 1.32. The first-order valence-electron chi connectivity index (χ1n) is 9.57. The van der Waals surface area contributed by atoms with Crippen LogP contribution in [0.1, 0.15) is 20.1 Å². The van der Waals surface area contributed by atoms with Crippen molar-refractivity contribution in [2.45, 2.75) is 44.0 Å². The molecule has 36 heavy (non-hydrogen) atoms. The van der Waals surface area contributed by atoms with Gasteiger partial charge in [-0.3, -0.25) is 14.3 Å². The maximum absolute atomic E-state index is 12.2. The summed E-state index contributed by atoms with van der Waals surface area (Å²) in [7, 11) is -17.0. The maximum Gasteiger partial charge on any atom is 0.490 e. The molecule has 0 bridgehead atoms. The number of aliphatic hydroxyl groups excluding tert-OH is 1. The lowest BCUT2D eigenvalue weighted by Crippen LogP contribution is -2.47. The Kier molecular flexibility index (Phi) is 7.75. The molecule has 3 heterocycles. The molecule has 0 radical (unpaired) electrons. The zero-order chi connectivity index (χ0) is 27.3. The van der Waals surface area contributed by atoms with Crippen LogP contribution in [-0.2, 0) is 31.6 Å². The summed E-state index contributed by atoms with van der Waals surface area (Å²) in [5, 5.41) is 22.1. The Hall–Kier alpha value is -1.93. The van der Waals surface area contributed by atoms with E-state index in [1.807, 2.05) is 0 Å². The van der Waals surface area contributed by atoms with Gasteiger partial charge in [0.1, 0.15) is 12.2 Å². The third-order valence-corrected chi connectivity index (χ3v) is 8.71. The molecule has 0 spiro atoms. The molecular formula is C15H21N4O14P3. The molecule has 2 aromatic heterocycles. The first kappa shape index (κ1) is 28.6. The number of hydrogen-bond acceptors (Lipinski definition) is 12. The van der Waals surface area contributed by atoms with Crippen LogP contribution in [0, 0.1) is 11.8 Å². The molecule has 1 saturated heterocycles. The Balaban J connectivity index is 1.92. The van der Waals surface area contributed by atoms with Crippen molar-refractivity contribution in [3.05, 3.63) is 22.6 Å². The third kappa shape index (κ3) is 5.96. The van der Waals surface area contributed by atoms with E-state index in [0.29, 0.717) is 0 Å². The molecule has 3 rings (SSSR count). The SMILES string of the molecule is CC#CC1(O)[C@@H](O)[C@@H]([C@H](C)OP(=O)(O)OP(=O)(O)OP(=O)(O)O)O[C@H]1n1ccc2c(=O)[nH]c(N)nc21. The molecule has 0 amide bonds. The van der Waals surface area contributed by atoms with Crippen molar-refractivity contribution >= 4 is 40.4 Å². The van der Waals surface area contributed by atoms with Gasteiger partial charge in [-0.05, 0) is 19.9 Å². The van der Waals surface area contributed by atoms with Gasteiger partial charge in [0.05, 0.1) is 11.5 Å². The summed E-state index contributed by atoms with van der Waals surface area (Å²) < 4.78 is 53.3. The summed E-state index contributed by atoms with van der Waals surface area (Å²) in [5.41, 5.74) is 2.50. The van der Waals surface area contributed by atoms with E-state index in [1.54, 1.807) is 0 Å². The Labute approximate surface area is 201 Å². The molecule has 18 nitrogen and oxygen atoms in total. The van der Waals surface area contributed by atoms with Crippen LogP contribution in [0.3, 0.4) is 0 Å². The summed E-state index contributed by atoms with van der Waals surface area (Å²) in [6.45, 7) is 2.38. The molecule has 9 N–H and O–H groups in total. The summed E-state index contributed by atoms with van der Waals surface area (Å²) in [4.78, 5) is 54.7. The number of aliphatic hydroxyl groups is 2. The van der Waals surface area contributed by atoms with Crippen LogP contribution in [-0.4, -0.2) is 68.2 Å². The second kappa shape index (κ2) is 9.75. The Morgan fingerprint density at radius 3 is 2.47 bits per heavy atom. The molecule has 200 valence electrons. The number of aromatic nitrogens is 3. The molecule has 1 fully saturated rings. The lowest BCUT2D eigenvalue weighted by molar-refractivity contribution is -0.0829. The van der Waals surface area contributed by atoms with Crippen LogP contribution in [0.15, 0.2) is 17.1 Å². The summed E-state index contributed by atoms with van der Waals surface area (Å²) in [5.74, 6) is 4.51. The van der Waals surface area contributed by atoms with Gasteiger partial charge in [0.2, 0.25) is 5.95 Å². The van der Waals surface area contributed by atoms with E-state index in [2.05, 4.69) is 35.0 Å². The predicted octanol–water partition coefficient (Wildman–Crippen LogP) is -0.949. The maximum atomic E-state index is 12.2. The fourth-order valence-corrected chi connectivity index (χ4v) is 6.72. The first-order valence-corrected chi connectivity index (χ1v) is 14.1. The lowest BCUT2D eigenvalue weighted by atomic mass is 9.93. The van der Waals surface area contributed by atoms with Crippen LogP contribution in [0.5, 0.6) is 0 Å². The highest BCUT2D eigenvalue weighted by Crippen LogP contribution is 2.66. The highest BCUT2D eigenvalue weighted by Gasteiger charge is 2.58. The average molecular weight is 574 g/mol. The van der Waals surface area contributed by atoms with E-state index in [1.165, 1.54) is 19.2 Å². The number of nitrogens with one attached hydrogen (secondary N) is 1. The number of nitrogen functional groups attached to an aromatic ring is 1. The fraction of sp³-hybridized carbons (Fsp3) is 0.467. The number of rotatable bonds is 8. The number of nitrogens with two attached hydrogens (primary N) is 1. The minimum atomic E-state index is -5.80. The number of aromatic amines is 1. The topological polar surface area (TPSA) is 286 Å². The van der Waals surface area contributed by atoms with Crippen LogP contribution in [0.2, 0.25) is 0 Å². The number of H-pyrrole nitrogens is 1. The van der Waals surface area contributed by atoms with Gasteiger partial charge in [0.15, 0.2) is 17.5 Å². The van der Waals surface area contributed by atoms with Crippen LogP contribution in [0.4, 0.5) is 5.95 Å². The zero-order valence-corrected chi connectivity index (χ0v) is 20.9. The largest absolute Gasteiger partial charge is 0.490 e. The Morgan fingerprint density at radius 1 is 1.25 bits per heavy atom. The van der Waals surface area contributed by atoms with Crippen molar-refractivity contribution < 1.29 is 61.4 Å². The number of hydrogen-bond donors (Lipinski definition) is 8. The van der Waals surface area contributed by atoms with Crippen molar-refractivity contribution in [2.24, 2.45) is 0 Å². The van der Waals surface area contributed by atoms with Gasteiger partial charge in [-0.1, -0.05) is 5.92 Å². The molecule has 0 saturated carbocycles. The van der Waals surface area contributed by atoms with Crippen molar-refractivity contribution in [2.75, 3.05) is 5.73 Å². The molecule has 21 heteroatoms. The smallest absolute Gasteiger partial charge is 0.386 e. The minimum Gasteiger partial charge on any atom is -0.386 e. The average Bonchev–Trinajstić information content (AvgIpc) is 3.18.